The van der Waals surface area contributed by atoms with E-state index in [1.165, 1.54) is 74.6 Å². The van der Waals surface area contributed by atoms with Crippen LogP contribution in [-0.2, 0) is 5.41 Å². The van der Waals surface area contributed by atoms with Crippen molar-refractivity contribution >= 4 is 80.4 Å². The highest BCUT2D eigenvalue weighted by Crippen LogP contribution is 2.46. The molecule has 186 valence electrons. The standard InChI is InChI=1S/C34H27NO2S/c1-34(2,3)20-6-9-27-26(16-20)32-29(37-5)10-8-22-23-12-19-15-31-24(13-18(19)14-28(23)35(27)33(22)32)25-17-21(36-4)7-11-30(25)38-31/h6-17H,1-5H3. The summed E-state index contributed by atoms with van der Waals surface area (Å²) in [5, 5.41) is 10.1. The lowest BCUT2D eigenvalue weighted by atomic mass is 9.86. The van der Waals surface area contributed by atoms with E-state index < -0.39 is 0 Å². The van der Waals surface area contributed by atoms with Crippen LogP contribution in [0.5, 0.6) is 11.5 Å². The number of rotatable bonds is 2. The fraction of sp³-hybridized carbons (Fsp3) is 0.176. The maximum atomic E-state index is 5.91. The Balaban J connectivity index is 1.52. The number of hydrogen-bond acceptors (Lipinski definition) is 3. The zero-order valence-electron chi connectivity index (χ0n) is 22.1. The lowest BCUT2D eigenvalue weighted by Gasteiger charge is -2.19. The Morgan fingerprint density at radius 2 is 1.42 bits per heavy atom. The zero-order chi connectivity index (χ0) is 25.9. The van der Waals surface area contributed by atoms with Crippen molar-refractivity contribution in [1.29, 1.82) is 0 Å². The van der Waals surface area contributed by atoms with Gasteiger partial charge in [-0.15, -0.1) is 11.3 Å². The zero-order valence-corrected chi connectivity index (χ0v) is 22.9. The van der Waals surface area contributed by atoms with Crippen molar-refractivity contribution in [3.8, 4) is 11.5 Å². The van der Waals surface area contributed by atoms with Gasteiger partial charge in [-0.3, -0.25) is 0 Å². The van der Waals surface area contributed by atoms with Gasteiger partial charge in [0.25, 0.3) is 0 Å². The van der Waals surface area contributed by atoms with E-state index in [2.05, 4.69) is 91.9 Å². The molecule has 5 aromatic carbocycles. The minimum Gasteiger partial charge on any atom is -0.497 e. The Kier molecular flexibility index (Phi) is 4.23. The molecule has 3 nitrogen and oxygen atoms in total. The molecule has 0 amide bonds. The summed E-state index contributed by atoms with van der Waals surface area (Å²) in [6, 6.07) is 27.1. The smallest absolute Gasteiger partial charge is 0.128 e. The van der Waals surface area contributed by atoms with Crippen LogP contribution in [-0.4, -0.2) is 18.6 Å². The third-order valence-corrected chi connectivity index (χ3v) is 9.37. The van der Waals surface area contributed by atoms with Crippen LogP contribution in [0.4, 0.5) is 0 Å². The van der Waals surface area contributed by atoms with Gasteiger partial charge < -0.3 is 13.9 Å². The molecule has 0 aliphatic heterocycles. The number of thiophene rings is 1. The van der Waals surface area contributed by atoms with Crippen LogP contribution in [0.25, 0.3) is 69.0 Å². The molecule has 0 aliphatic carbocycles. The van der Waals surface area contributed by atoms with Gasteiger partial charge in [-0.2, -0.15) is 0 Å². The van der Waals surface area contributed by atoms with E-state index in [0.717, 1.165) is 11.5 Å². The molecule has 38 heavy (non-hydrogen) atoms. The molecule has 0 radical (unpaired) electrons. The Hall–Kier alpha value is -4.02. The fourth-order valence-corrected chi connectivity index (χ4v) is 7.40. The van der Waals surface area contributed by atoms with Crippen molar-refractivity contribution in [2.24, 2.45) is 0 Å². The summed E-state index contributed by atoms with van der Waals surface area (Å²) in [5.41, 5.74) is 5.11. The van der Waals surface area contributed by atoms with Gasteiger partial charge in [0.15, 0.2) is 0 Å². The summed E-state index contributed by atoms with van der Waals surface area (Å²) in [5.74, 6) is 1.82. The molecule has 0 unspecified atom stereocenters. The topological polar surface area (TPSA) is 22.9 Å². The molecule has 8 rings (SSSR count). The maximum absolute atomic E-state index is 5.91. The first kappa shape index (κ1) is 22.0. The van der Waals surface area contributed by atoms with E-state index in [4.69, 9.17) is 9.47 Å². The van der Waals surface area contributed by atoms with E-state index >= 15 is 0 Å². The van der Waals surface area contributed by atoms with Gasteiger partial charge in [0.05, 0.1) is 36.2 Å². The van der Waals surface area contributed by atoms with Gasteiger partial charge in [-0.25, -0.2) is 0 Å². The second kappa shape index (κ2) is 7.30. The quantitative estimate of drug-likeness (QED) is 0.230. The van der Waals surface area contributed by atoms with Crippen molar-refractivity contribution in [1.82, 2.24) is 4.40 Å². The molecule has 8 aromatic rings. The number of nitrogens with zero attached hydrogens (tertiary/aromatic N) is 1. The van der Waals surface area contributed by atoms with Crippen LogP contribution in [0.3, 0.4) is 0 Å². The first-order valence-electron chi connectivity index (χ1n) is 13.0. The molecular formula is C34H27NO2S. The van der Waals surface area contributed by atoms with Crippen molar-refractivity contribution in [2.45, 2.75) is 26.2 Å². The van der Waals surface area contributed by atoms with E-state index in [1.54, 1.807) is 14.2 Å². The number of fused-ring (bicyclic) bond motifs is 10. The monoisotopic (exact) mass is 513 g/mol. The van der Waals surface area contributed by atoms with Crippen molar-refractivity contribution in [3.63, 3.8) is 0 Å². The summed E-state index contributed by atoms with van der Waals surface area (Å²) in [4.78, 5) is 0. The van der Waals surface area contributed by atoms with Crippen LogP contribution < -0.4 is 9.47 Å². The molecule has 4 heteroatoms. The lowest BCUT2D eigenvalue weighted by Crippen LogP contribution is -2.10. The molecule has 3 aromatic heterocycles. The van der Waals surface area contributed by atoms with E-state index in [9.17, 15) is 0 Å². The van der Waals surface area contributed by atoms with Gasteiger partial charge in [-0.1, -0.05) is 26.8 Å². The van der Waals surface area contributed by atoms with E-state index in [1.807, 2.05) is 17.4 Å². The molecule has 0 saturated carbocycles. The minimum atomic E-state index is 0.0725. The highest BCUT2D eigenvalue weighted by atomic mass is 32.1. The number of benzene rings is 5. The summed E-state index contributed by atoms with van der Waals surface area (Å²) < 4.78 is 16.5. The Bertz CT molecular complexity index is 2240. The lowest BCUT2D eigenvalue weighted by molar-refractivity contribution is 0.415. The molecule has 0 bridgehead atoms. The van der Waals surface area contributed by atoms with Gasteiger partial charge in [0.2, 0.25) is 0 Å². The molecule has 0 N–H and O–H groups in total. The number of hydrogen-bond donors (Lipinski definition) is 0. The van der Waals surface area contributed by atoms with Crippen LogP contribution in [0.2, 0.25) is 0 Å². The second-order valence-corrected chi connectivity index (χ2v) is 12.5. The van der Waals surface area contributed by atoms with Crippen LogP contribution in [0, 0.1) is 0 Å². The van der Waals surface area contributed by atoms with Gasteiger partial charge >= 0.3 is 0 Å². The highest BCUT2D eigenvalue weighted by molar-refractivity contribution is 7.25. The minimum absolute atomic E-state index is 0.0725. The van der Waals surface area contributed by atoms with E-state index in [0.29, 0.717) is 0 Å². The first-order chi connectivity index (χ1) is 18.4. The predicted octanol–water partition coefficient (Wildman–Crippen LogP) is 9.67. The number of methoxy groups -OCH3 is 2. The number of ether oxygens (including phenoxy) is 2. The highest BCUT2D eigenvalue weighted by Gasteiger charge is 2.23. The Morgan fingerprint density at radius 3 is 2.21 bits per heavy atom. The first-order valence-corrected chi connectivity index (χ1v) is 13.8. The van der Waals surface area contributed by atoms with E-state index in [-0.39, 0.29) is 5.41 Å². The second-order valence-electron chi connectivity index (χ2n) is 11.4. The average molecular weight is 514 g/mol. The predicted molar refractivity (Wildman–Crippen MR) is 163 cm³/mol. The Labute approximate surface area is 224 Å². The fourth-order valence-electron chi connectivity index (χ4n) is 6.29. The van der Waals surface area contributed by atoms with Crippen LogP contribution >= 0.6 is 11.3 Å². The molecule has 0 spiro atoms. The molecule has 3 heterocycles. The van der Waals surface area contributed by atoms with Crippen LogP contribution in [0.15, 0.2) is 72.8 Å². The maximum Gasteiger partial charge on any atom is 0.128 e. The summed E-state index contributed by atoms with van der Waals surface area (Å²) >= 11 is 1.85. The SMILES string of the molecule is COc1ccc2sc3cc4cc5c6ccc(OC)c7c8cc(C(C)(C)C)ccc8n(c5cc4cc3c2c1)c67. The average Bonchev–Trinajstić information content (AvgIpc) is 3.55. The summed E-state index contributed by atoms with van der Waals surface area (Å²) in [6.45, 7) is 6.81. The summed E-state index contributed by atoms with van der Waals surface area (Å²) in [6.07, 6.45) is 0. The molecule has 0 aliphatic rings. The largest absolute Gasteiger partial charge is 0.497 e. The third-order valence-electron chi connectivity index (χ3n) is 8.24. The normalized spacial score (nSPS) is 12.9. The van der Waals surface area contributed by atoms with Crippen molar-refractivity contribution < 1.29 is 9.47 Å². The summed E-state index contributed by atoms with van der Waals surface area (Å²) in [7, 11) is 3.50. The Morgan fingerprint density at radius 1 is 0.632 bits per heavy atom. The van der Waals surface area contributed by atoms with Crippen molar-refractivity contribution in [3.05, 3.63) is 78.4 Å². The molecule has 0 atom stereocenters. The molecule has 0 fully saturated rings. The van der Waals surface area contributed by atoms with Crippen molar-refractivity contribution in [2.75, 3.05) is 14.2 Å². The van der Waals surface area contributed by atoms with Gasteiger partial charge in [0.1, 0.15) is 11.5 Å². The molecule has 0 saturated heterocycles. The van der Waals surface area contributed by atoms with Gasteiger partial charge in [0, 0.05) is 36.3 Å². The third kappa shape index (κ3) is 2.79. The van der Waals surface area contributed by atoms with Crippen LogP contribution in [0.1, 0.15) is 26.3 Å². The van der Waals surface area contributed by atoms with Gasteiger partial charge in [-0.05, 0) is 88.5 Å². The molecular weight excluding hydrogens is 486 g/mol. The number of aromatic nitrogens is 1.